The van der Waals surface area contributed by atoms with E-state index >= 15 is 17.6 Å². The second-order valence-electron chi connectivity index (χ2n) is 14.1. The molecule has 0 fully saturated rings. The molecule has 5 heterocycles. The first kappa shape index (κ1) is 38.6. The van der Waals surface area contributed by atoms with Crippen molar-refractivity contribution >= 4 is 45.9 Å². The van der Waals surface area contributed by atoms with Gasteiger partial charge in [0.1, 0.15) is 0 Å². The molecule has 0 aliphatic carbocycles. The quantitative estimate of drug-likeness (QED) is 0.106. The third kappa shape index (κ3) is 6.61. The van der Waals surface area contributed by atoms with Gasteiger partial charge in [-0.15, -0.1) is 0 Å². The number of rotatable bonds is 5. The molecule has 3 aromatic heterocycles. The SMILES string of the molecule is Fc1c(F)c(F)c(C2=Cc3cc4ccc(cc5nc(cc6c(-c7ccccc7)c(-c7ccccc7)c(c(-c7ccccc7)c2n3)n6-c2ccccc2)C=C5)[nH]4)c(F)c1F.[Pt]. The van der Waals surface area contributed by atoms with Crippen molar-refractivity contribution in [3.63, 3.8) is 0 Å². The maximum Gasteiger partial charge on any atom is 0.200 e. The summed E-state index contributed by atoms with van der Waals surface area (Å²) in [5.41, 5.74) is 7.71. The Morgan fingerprint density at radius 3 is 1.47 bits per heavy atom. The normalized spacial score (nSPS) is 12.0. The molecule has 5 aromatic carbocycles. The first-order chi connectivity index (χ1) is 28.8. The van der Waals surface area contributed by atoms with Crippen molar-refractivity contribution in [2.75, 3.05) is 0 Å². The summed E-state index contributed by atoms with van der Waals surface area (Å²) in [5.74, 6) is -10.3. The first-order valence-electron chi connectivity index (χ1n) is 18.8. The molecule has 8 bridgehead atoms. The molecule has 8 aromatic rings. The molecule has 0 radical (unpaired) electrons. The van der Waals surface area contributed by atoms with Crippen LogP contribution in [0.5, 0.6) is 0 Å². The van der Waals surface area contributed by atoms with Gasteiger partial charge in [0.15, 0.2) is 23.3 Å². The van der Waals surface area contributed by atoms with E-state index in [0.717, 1.165) is 39.0 Å². The minimum atomic E-state index is -2.24. The number of halogens is 5. The van der Waals surface area contributed by atoms with Gasteiger partial charge < -0.3 is 9.55 Å². The molecule has 0 atom stereocenters. The van der Waals surface area contributed by atoms with Crippen molar-refractivity contribution < 1.29 is 43.0 Å². The van der Waals surface area contributed by atoms with Gasteiger partial charge in [-0.2, -0.15) is 0 Å². The molecule has 10 rings (SSSR count). The molecule has 0 amide bonds. The summed E-state index contributed by atoms with van der Waals surface area (Å²) in [4.78, 5) is 13.4. The van der Waals surface area contributed by atoms with Crippen LogP contribution < -0.4 is 0 Å². The van der Waals surface area contributed by atoms with E-state index in [0.29, 0.717) is 33.5 Å². The zero-order chi connectivity index (χ0) is 40.2. The van der Waals surface area contributed by atoms with Crippen LogP contribution >= 0.6 is 0 Å². The van der Waals surface area contributed by atoms with Crippen LogP contribution in [0.15, 0.2) is 152 Å². The summed E-state index contributed by atoms with van der Waals surface area (Å²) in [6.45, 7) is 0. The van der Waals surface area contributed by atoms with Gasteiger partial charge in [-0.1, -0.05) is 109 Å². The van der Waals surface area contributed by atoms with E-state index in [2.05, 4.69) is 9.55 Å². The van der Waals surface area contributed by atoms with E-state index in [4.69, 9.17) is 9.97 Å². The molecule has 0 spiro atoms. The van der Waals surface area contributed by atoms with Crippen molar-refractivity contribution in [3.8, 4) is 39.1 Å². The third-order valence-corrected chi connectivity index (χ3v) is 10.5. The minimum Gasteiger partial charge on any atom is -0.355 e. The van der Waals surface area contributed by atoms with Crippen LogP contribution in [0.2, 0.25) is 0 Å². The van der Waals surface area contributed by atoms with Crippen molar-refractivity contribution in [3.05, 3.63) is 209 Å². The molecular weight excluding hydrogens is 947 g/mol. The number of nitrogens with one attached hydrogen (secondary N) is 1. The molecule has 4 nitrogen and oxygen atoms in total. The van der Waals surface area contributed by atoms with Crippen LogP contribution in [0.4, 0.5) is 22.0 Å². The Labute approximate surface area is 355 Å². The summed E-state index contributed by atoms with van der Waals surface area (Å²) in [7, 11) is 0. The summed E-state index contributed by atoms with van der Waals surface area (Å²) in [5, 5.41) is 0. The summed E-state index contributed by atoms with van der Waals surface area (Å²) in [6, 6.07) is 47.6. The zero-order valence-corrected chi connectivity index (χ0v) is 33.5. The van der Waals surface area contributed by atoms with Gasteiger partial charge >= 0.3 is 0 Å². The van der Waals surface area contributed by atoms with Crippen LogP contribution in [0.25, 0.3) is 84.9 Å². The van der Waals surface area contributed by atoms with E-state index in [1.54, 1.807) is 12.1 Å². The fourth-order valence-electron chi connectivity index (χ4n) is 7.93. The van der Waals surface area contributed by atoms with Crippen molar-refractivity contribution in [1.29, 1.82) is 0 Å². The van der Waals surface area contributed by atoms with Crippen LogP contribution in [0.1, 0.15) is 28.3 Å². The number of aromatic amines is 1. The van der Waals surface area contributed by atoms with Gasteiger partial charge in [0, 0.05) is 60.0 Å². The predicted molar refractivity (Wildman–Crippen MR) is 224 cm³/mol. The number of nitrogens with zero attached hydrogens (tertiary/aromatic N) is 3. The van der Waals surface area contributed by atoms with E-state index in [9.17, 15) is 4.39 Å². The molecule has 2 aliphatic heterocycles. The van der Waals surface area contributed by atoms with Gasteiger partial charge in [-0.3, -0.25) is 0 Å². The Morgan fingerprint density at radius 1 is 0.433 bits per heavy atom. The number of aromatic nitrogens is 4. The standard InChI is InChI=1S/C50H29F5N4.Pt/c51-44-43(45(52)47(54)48(55)46(44)53)38-27-36-26-34-22-21-32(56-34)25-33-23-24-35(57-33)28-39-40(29-13-5-1-6-14-29)41(30-15-7-2-8-16-30)50(59(39)37-19-11-4-12-20-37)42(49(38)58-36)31-17-9-3-10-18-31;/h1-28,56H;. The van der Waals surface area contributed by atoms with E-state index in [-0.39, 0.29) is 38.0 Å². The second-order valence-corrected chi connectivity index (χ2v) is 14.1. The average molecular weight is 976 g/mol. The molecule has 10 heteroatoms. The number of fused-ring (bicyclic) bond motifs is 8. The Balaban J connectivity index is 0.00000462. The van der Waals surface area contributed by atoms with Crippen molar-refractivity contribution in [2.45, 2.75) is 0 Å². The van der Waals surface area contributed by atoms with Gasteiger partial charge in [0.05, 0.1) is 39.4 Å². The molecule has 0 saturated heterocycles. The van der Waals surface area contributed by atoms with Crippen molar-refractivity contribution in [1.82, 2.24) is 19.5 Å². The number of H-pyrrole nitrogens is 1. The van der Waals surface area contributed by atoms with E-state index in [1.165, 1.54) is 6.08 Å². The maximum atomic E-state index is 16.2. The average Bonchev–Trinajstić information content (AvgIpc) is 4.08. The fraction of sp³-hybridized carbons (Fsp3) is 0. The largest absolute Gasteiger partial charge is 0.355 e. The zero-order valence-electron chi connectivity index (χ0n) is 31.2. The Bertz CT molecular complexity index is 3170. The predicted octanol–water partition coefficient (Wildman–Crippen LogP) is 13.2. The number of benzene rings is 5. The monoisotopic (exact) mass is 975 g/mol. The van der Waals surface area contributed by atoms with Crippen LogP contribution in [0.3, 0.4) is 0 Å². The molecule has 0 unspecified atom stereocenters. The molecule has 294 valence electrons. The summed E-state index contributed by atoms with van der Waals surface area (Å²) >= 11 is 0. The summed E-state index contributed by atoms with van der Waals surface area (Å²) < 4.78 is 79.5. The van der Waals surface area contributed by atoms with Crippen molar-refractivity contribution in [2.24, 2.45) is 0 Å². The molecular formula is C50H29F5N4Pt. The van der Waals surface area contributed by atoms with Crippen LogP contribution in [-0.2, 0) is 21.1 Å². The number of para-hydroxylation sites is 1. The minimum absolute atomic E-state index is 0. The fourth-order valence-corrected chi connectivity index (χ4v) is 7.93. The topological polar surface area (TPSA) is 46.5 Å². The number of hydrogen-bond donors (Lipinski definition) is 1. The molecule has 2 aliphatic rings. The Kier molecular flexibility index (Phi) is 10.1. The third-order valence-electron chi connectivity index (χ3n) is 10.5. The Hall–Kier alpha value is -6.96. The van der Waals surface area contributed by atoms with Gasteiger partial charge in [-0.25, -0.2) is 31.9 Å². The molecule has 0 saturated carbocycles. The number of hydrogen-bond acceptors (Lipinski definition) is 2. The Morgan fingerprint density at radius 2 is 0.900 bits per heavy atom. The maximum absolute atomic E-state index is 16.2. The van der Waals surface area contributed by atoms with Crippen LogP contribution in [0, 0.1) is 29.1 Å². The first-order valence-corrected chi connectivity index (χ1v) is 18.8. The van der Waals surface area contributed by atoms with Gasteiger partial charge in [0.2, 0.25) is 5.82 Å². The summed E-state index contributed by atoms with van der Waals surface area (Å²) in [6.07, 6.45) is 5.24. The second kappa shape index (κ2) is 15.7. The van der Waals surface area contributed by atoms with Gasteiger partial charge in [-0.05, 0) is 77.4 Å². The smallest absolute Gasteiger partial charge is 0.200 e. The van der Waals surface area contributed by atoms with Crippen LogP contribution in [-0.4, -0.2) is 19.5 Å². The molecule has 1 N–H and O–H groups in total. The van der Waals surface area contributed by atoms with E-state index < -0.39 is 34.6 Å². The van der Waals surface area contributed by atoms with Gasteiger partial charge in [0.25, 0.3) is 0 Å². The molecule has 60 heavy (non-hydrogen) atoms. The van der Waals surface area contributed by atoms with E-state index in [1.807, 2.05) is 152 Å².